The molecule has 7 heteroatoms. The number of hydrogen-bond acceptors (Lipinski definition) is 4. The van der Waals surface area contributed by atoms with Gasteiger partial charge in [-0.15, -0.1) is 0 Å². The first-order chi connectivity index (χ1) is 10.7. The zero-order valence-electron chi connectivity index (χ0n) is 12.7. The Balaban J connectivity index is 1.64. The lowest BCUT2D eigenvalue weighted by Crippen LogP contribution is -2.51. The van der Waals surface area contributed by atoms with Gasteiger partial charge in [-0.2, -0.15) is 17.0 Å². The lowest BCUT2D eigenvalue weighted by molar-refractivity contribution is 0.0691. The minimum atomic E-state index is -3.34. The van der Waals surface area contributed by atoms with Crippen LogP contribution in [-0.2, 0) is 21.4 Å². The summed E-state index contributed by atoms with van der Waals surface area (Å²) >= 11 is 0. The van der Waals surface area contributed by atoms with E-state index in [0.717, 1.165) is 25.0 Å². The molecule has 0 radical (unpaired) electrons. The third-order valence-corrected chi connectivity index (χ3v) is 6.33. The molecule has 6 nitrogen and oxygen atoms in total. The van der Waals surface area contributed by atoms with Crippen molar-refractivity contribution in [1.82, 2.24) is 13.6 Å². The van der Waals surface area contributed by atoms with Crippen molar-refractivity contribution in [2.75, 3.05) is 39.4 Å². The van der Waals surface area contributed by atoms with Crippen molar-refractivity contribution in [3.63, 3.8) is 0 Å². The largest absolute Gasteiger partial charge is 0.379 e. The molecular formula is C15H23N3O3S. The van der Waals surface area contributed by atoms with Gasteiger partial charge in [0.2, 0.25) is 0 Å². The summed E-state index contributed by atoms with van der Waals surface area (Å²) in [4.78, 5) is 4.35. The first-order valence-electron chi connectivity index (χ1n) is 7.89. The Labute approximate surface area is 132 Å². The summed E-state index contributed by atoms with van der Waals surface area (Å²) in [5, 5.41) is 0. The van der Waals surface area contributed by atoms with E-state index in [1.165, 1.54) is 0 Å². The second-order valence-electron chi connectivity index (χ2n) is 5.91. The molecule has 0 amide bonds. The van der Waals surface area contributed by atoms with Gasteiger partial charge in [0.15, 0.2) is 0 Å². The molecule has 0 aromatic carbocycles. The normalized spacial score (nSPS) is 25.2. The van der Waals surface area contributed by atoms with Crippen LogP contribution in [0.15, 0.2) is 24.4 Å². The number of morpholine rings is 1. The summed E-state index contributed by atoms with van der Waals surface area (Å²) in [6.07, 6.45) is 4.61. The molecule has 2 aliphatic heterocycles. The van der Waals surface area contributed by atoms with Crippen LogP contribution in [-0.4, -0.2) is 61.4 Å². The van der Waals surface area contributed by atoms with Crippen molar-refractivity contribution >= 4 is 10.2 Å². The van der Waals surface area contributed by atoms with E-state index in [9.17, 15) is 8.42 Å². The van der Waals surface area contributed by atoms with Gasteiger partial charge in [0.05, 0.1) is 13.2 Å². The predicted octanol–water partition coefficient (Wildman–Crippen LogP) is 0.913. The van der Waals surface area contributed by atoms with E-state index >= 15 is 0 Å². The van der Waals surface area contributed by atoms with Crippen molar-refractivity contribution in [1.29, 1.82) is 0 Å². The molecule has 2 fully saturated rings. The fourth-order valence-electron chi connectivity index (χ4n) is 3.16. The van der Waals surface area contributed by atoms with Crippen LogP contribution in [0.4, 0.5) is 0 Å². The number of piperidine rings is 1. The van der Waals surface area contributed by atoms with Crippen LogP contribution in [0, 0.1) is 5.92 Å². The average molecular weight is 325 g/mol. The summed E-state index contributed by atoms with van der Waals surface area (Å²) in [5.41, 5.74) is 1.04. The summed E-state index contributed by atoms with van der Waals surface area (Å²) in [6, 6.07) is 5.89. The van der Waals surface area contributed by atoms with Crippen molar-refractivity contribution in [2.45, 2.75) is 19.3 Å². The fourth-order valence-corrected chi connectivity index (χ4v) is 4.85. The highest BCUT2D eigenvalue weighted by Gasteiger charge is 2.34. The molecule has 0 spiro atoms. The molecule has 2 aliphatic rings. The van der Waals surface area contributed by atoms with Crippen molar-refractivity contribution in [3.8, 4) is 0 Å². The van der Waals surface area contributed by atoms with Crippen molar-refractivity contribution in [3.05, 3.63) is 30.1 Å². The van der Waals surface area contributed by atoms with Gasteiger partial charge in [0, 0.05) is 38.1 Å². The first kappa shape index (κ1) is 15.9. The Hall–Kier alpha value is -1.02. The van der Waals surface area contributed by atoms with Gasteiger partial charge in [0.25, 0.3) is 10.2 Å². The van der Waals surface area contributed by atoms with Gasteiger partial charge in [-0.05, 0) is 37.3 Å². The first-order valence-corrected chi connectivity index (χ1v) is 9.29. The summed E-state index contributed by atoms with van der Waals surface area (Å²) in [6.45, 7) is 3.12. The lowest BCUT2D eigenvalue weighted by atomic mass is 9.94. The molecule has 0 saturated carbocycles. The maximum absolute atomic E-state index is 12.7. The van der Waals surface area contributed by atoms with Crippen molar-refractivity contribution in [2.24, 2.45) is 5.92 Å². The van der Waals surface area contributed by atoms with Gasteiger partial charge < -0.3 is 4.74 Å². The van der Waals surface area contributed by atoms with Gasteiger partial charge in [-0.1, -0.05) is 6.07 Å². The fraction of sp³-hybridized carbons (Fsp3) is 0.667. The van der Waals surface area contributed by atoms with E-state index < -0.39 is 10.2 Å². The van der Waals surface area contributed by atoms with Gasteiger partial charge in [-0.25, -0.2) is 0 Å². The van der Waals surface area contributed by atoms with Gasteiger partial charge >= 0.3 is 0 Å². The Morgan fingerprint density at radius 3 is 2.73 bits per heavy atom. The highest BCUT2D eigenvalue weighted by Crippen LogP contribution is 2.24. The molecule has 1 atom stereocenters. The van der Waals surface area contributed by atoms with Crippen LogP contribution < -0.4 is 0 Å². The molecule has 0 bridgehead atoms. The number of aromatic nitrogens is 1. The summed E-state index contributed by atoms with van der Waals surface area (Å²) in [5.74, 6) is 0.347. The van der Waals surface area contributed by atoms with Crippen LogP contribution in [0.3, 0.4) is 0 Å². The van der Waals surface area contributed by atoms with E-state index in [2.05, 4.69) is 4.98 Å². The SMILES string of the molecule is O=S(=O)(N1CCOCC1)N1CCC[C@H](Cc2ccccn2)C1. The van der Waals surface area contributed by atoms with E-state index in [0.29, 0.717) is 45.3 Å². The second-order valence-corrected chi connectivity index (χ2v) is 7.84. The highest BCUT2D eigenvalue weighted by molar-refractivity contribution is 7.86. The molecule has 122 valence electrons. The standard InChI is InChI=1S/C15H23N3O3S/c19-22(20,17-8-10-21-11-9-17)18-7-3-4-14(13-18)12-15-5-1-2-6-16-15/h1-2,5-6,14H,3-4,7-13H2/t14-/m1/s1. The molecule has 3 rings (SSSR count). The Morgan fingerprint density at radius 1 is 1.18 bits per heavy atom. The van der Waals surface area contributed by atoms with E-state index in [4.69, 9.17) is 4.74 Å². The zero-order chi connectivity index (χ0) is 15.4. The predicted molar refractivity (Wildman–Crippen MR) is 83.5 cm³/mol. The molecule has 0 unspecified atom stereocenters. The highest BCUT2D eigenvalue weighted by atomic mass is 32.2. The minimum absolute atomic E-state index is 0.347. The topological polar surface area (TPSA) is 62.7 Å². The second kappa shape index (κ2) is 7.04. The molecule has 1 aromatic rings. The van der Waals surface area contributed by atoms with Crippen LogP contribution in [0.1, 0.15) is 18.5 Å². The summed E-state index contributed by atoms with van der Waals surface area (Å²) in [7, 11) is -3.34. The van der Waals surface area contributed by atoms with Gasteiger partial charge in [0.1, 0.15) is 0 Å². The zero-order valence-corrected chi connectivity index (χ0v) is 13.5. The van der Waals surface area contributed by atoms with E-state index in [1.807, 2.05) is 18.2 Å². The smallest absolute Gasteiger partial charge is 0.282 e. The van der Waals surface area contributed by atoms with Gasteiger partial charge in [-0.3, -0.25) is 4.98 Å². The quantitative estimate of drug-likeness (QED) is 0.826. The molecule has 3 heterocycles. The van der Waals surface area contributed by atoms with Crippen LogP contribution in [0.5, 0.6) is 0 Å². The molecule has 0 aliphatic carbocycles. The van der Waals surface area contributed by atoms with Crippen LogP contribution >= 0.6 is 0 Å². The van der Waals surface area contributed by atoms with Crippen LogP contribution in [0.2, 0.25) is 0 Å². The Kier molecular flexibility index (Phi) is 5.07. The molecule has 1 aromatic heterocycles. The lowest BCUT2D eigenvalue weighted by Gasteiger charge is -2.36. The number of pyridine rings is 1. The van der Waals surface area contributed by atoms with E-state index in [1.54, 1.807) is 14.8 Å². The number of nitrogens with zero attached hydrogens (tertiary/aromatic N) is 3. The maximum atomic E-state index is 12.7. The third-order valence-electron chi connectivity index (χ3n) is 4.33. The third kappa shape index (κ3) is 3.65. The molecular weight excluding hydrogens is 302 g/mol. The average Bonchev–Trinajstić information content (AvgIpc) is 2.57. The summed E-state index contributed by atoms with van der Waals surface area (Å²) < 4.78 is 33.9. The molecule has 0 N–H and O–H groups in total. The Morgan fingerprint density at radius 2 is 2.00 bits per heavy atom. The monoisotopic (exact) mass is 325 g/mol. The number of rotatable bonds is 4. The molecule has 22 heavy (non-hydrogen) atoms. The minimum Gasteiger partial charge on any atom is -0.379 e. The maximum Gasteiger partial charge on any atom is 0.282 e. The van der Waals surface area contributed by atoms with Crippen LogP contribution in [0.25, 0.3) is 0 Å². The number of hydrogen-bond donors (Lipinski definition) is 0. The van der Waals surface area contributed by atoms with E-state index in [-0.39, 0.29) is 0 Å². The number of ether oxygens (including phenoxy) is 1. The van der Waals surface area contributed by atoms with Crippen molar-refractivity contribution < 1.29 is 13.2 Å². The Bertz CT molecular complexity index is 573. The molecule has 2 saturated heterocycles.